The van der Waals surface area contributed by atoms with Crippen molar-refractivity contribution in [2.45, 2.75) is 31.9 Å². The zero-order valence-corrected chi connectivity index (χ0v) is 11.8. The molecule has 1 atom stereocenters. The Labute approximate surface area is 114 Å². The molecule has 0 spiro atoms. The van der Waals surface area contributed by atoms with Crippen LogP contribution in [0.3, 0.4) is 0 Å². The first kappa shape index (κ1) is 13.5. The second-order valence-electron chi connectivity index (χ2n) is 5.09. The molecule has 1 aliphatic rings. The maximum Gasteiger partial charge on any atom is 0.281 e. The summed E-state index contributed by atoms with van der Waals surface area (Å²) in [5, 5.41) is 0.243. The van der Waals surface area contributed by atoms with Crippen LogP contribution < -0.4 is 0 Å². The van der Waals surface area contributed by atoms with Gasteiger partial charge >= 0.3 is 0 Å². The fourth-order valence-corrected chi connectivity index (χ4v) is 3.16. The van der Waals surface area contributed by atoms with E-state index >= 15 is 0 Å². The molecule has 0 aliphatic carbocycles. The molecule has 3 heteroatoms. The maximum atomic E-state index is 12.2. The first-order chi connectivity index (χ1) is 8.75. The van der Waals surface area contributed by atoms with Gasteiger partial charge in [0.25, 0.3) is 5.24 Å². The number of benzene rings is 1. The minimum atomic E-state index is 0.243. The molecule has 0 bridgehead atoms. The Morgan fingerprint density at radius 2 is 2.11 bits per heavy atom. The molecule has 1 unspecified atom stereocenters. The van der Waals surface area contributed by atoms with Gasteiger partial charge in [-0.2, -0.15) is 0 Å². The van der Waals surface area contributed by atoms with Gasteiger partial charge in [-0.15, -0.1) is 0 Å². The Morgan fingerprint density at radius 1 is 1.33 bits per heavy atom. The second kappa shape index (κ2) is 6.83. The normalized spacial score (nSPS) is 20.5. The molecule has 1 aromatic carbocycles. The summed E-state index contributed by atoms with van der Waals surface area (Å²) in [7, 11) is 0. The van der Waals surface area contributed by atoms with Crippen molar-refractivity contribution in [2.24, 2.45) is 5.92 Å². The first-order valence-corrected chi connectivity index (χ1v) is 7.70. The van der Waals surface area contributed by atoms with E-state index in [2.05, 4.69) is 19.1 Å². The van der Waals surface area contributed by atoms with Gasteiger partial charge in [-0.05, 0) is 24.3 Å². The van der Waals surface area contributed by atoms with E-state index in [0.717, 1.165) is 25.3 Å². The van der Waals surface area contributed by atoms with Crippen LogP contribution in [0.4, 0.5) is 4.79 Å². The molecule has 0 N–H and O–H groups in total. The summed E-state index contributed by atoms with van der Waals surface area (Å²) in [6, 6.07) is 10.2. The smallest absolute Gasteiger partial charge is 0.281 e. The Bertz CT molecular complexity index is 379. The van der Waals surface area contributed by atoms with E-state index < -0.39 is 0 Å². The van der Waals surface area contributed by atoms with E-state index in [1.54, 1.807) is 0 Å². The van der Waals surface area contributed by atoms with E-state index in [4.69, 9.17) is 0 Å². The van der Waals surface area contributed by atoms with Crippen molar-refractivity contribution in [1.29, 1.82) is 0 Å². The standard InChI is InChI=1S/C15H21NOS/c1-13-7-5-6-10-16(11-13)15(17)18-12-14-8-3-2-4-9-14/h2-4,8-9,13H,5-7,10-12H2,1H3. The zero-order chi connectivity index (χ0) is 12.8. The van der Waals surface area contributed by atoms with Gasteiger partial charge in [-0.25, -0.2) is 0 Å². The minimum absolute atomic E-state index is 0.243. The molecule has 1 fully saturated rings. The van der Waals surface area contributed by atoms with Crippen molar-refractivity contribution in [3.8, 4) is 0 Å². The highest BCUT2D eigenvalue weighted by molar-refractivity contribution is 8.12. The fraction of sp³-hybridized carbons (Fsp3) is 0.533. The molecule has 1 amide bonds. The summed E-state index contributed by atoms with van der Waals surface area (Å²) in [6.45, 7) is 4.11. The predicted molar refractivity (Wildman–Crippen MR) is 77.7 cm³/mol. The molecule has 2 rings (SSSR count). The summed E-state index contributed by atoms with van der Waals surface area (Å²) in [4.78, 5) is 14.2. The molecule has 0 radical (unpaired) electrons. The van der Waals surface area contributed by atoms with Gasteiger partial charge < -0.3 is 4.90 Å². The topological polar surface area (TPSA) is 20.3 Å². The Balaban J connectivity index is 1.83. The van der Waals surface area contributed by atoms with Gasteiger partial charge in [0.2, 0.25) is 0 Å². The largest absolute Gasteiger partial charge is 0.333 e. The molecule has 1 saturated heterocycles. The molecular formula is C15H21NOS. The van der Waals surface area contributed by atoms with Crippen LogP contribution in [0.2, 0.25) is 0 Å². The van der Waals surface area contributed by atoms with Gasteiger partial charge in [0.15, 0.2) is 0 Å². The number of nitrogens with zero attached hydrogens (tertiary/aromatic N) is 1. The van der Waals surface area contributed by atoms with Gasteiger partial charge in [0.1, 0.15) is 0 Å². The van der Waals surface area contributed by atoms with Gasteiger partial charge in [-0.3, -0.25) is 4.79 Å². The lowest BCUT2D eigenvalue weighted by atomic mass is 10.1. The van der Waals surface area contributed by atoms with Crippen LogP contribution in [0.5, 0.6) is 0 Å². The summed E-state index contributed by atoms with van der Waals surface area (Å²) in [5.41, 5.74) is 1.22. The average Bonchev–Trinajstić information content (AvgIpc) is 2.62. The summed E-state index contributed by atoms with van der Waals surface area (Å²) in [6.07, 6.45) is 3.67. The van der Waals surface area contributed by atoms with E-state index in [0.29, 0.717) is 5.92 Å². The summed E-state index contributed by atoms with van der Waals surface area (Å²) >= 11 is 1.43. The van der Waals surface area contributed by atoms with Gasteiger partial charge in [0, 0.05) is 18.8 Å². The molecule has 98 valence electrons. The highest BCUT2D eigenvalue weighted by atomic mass is 32.2. The van der Waals surface area contributed by atoms with Crippen LogP contribution in [-0.2, 0) is 5.75 Å². The number of hydrogen-bond donors (Lipinski definition) is 0. The number of carbonyl (C=O) groups is 1. The molecule has 2 nitrogen and oxygen atoms in total. The average molecular weight is 263 g/mol. The highest BCUT2D eigenvalue weighted by Gasteiger charge is 2.19. The number of amides is 1. The molecule has 18 heavy (non-hydrogen) atoms. The number of carbonyl (C=O) groups excluding carboxylic acids is 1. The highest BCUT2D eigenvalue weighted by Crippen LogP contribution is 2.21. The lowest BCUT2D eigenvalue weighted by molar-refractivity contribution is 0.219. The van der Waals surface area contributed by atoms with Crippen molar-refractivity contribution in [3.63, 3.8) is 0 Å². The maximum absolute atomic E-state index is 12.2. The van der Waals surface area contributed by atoms with Crippen molar-refractivity contribution in [1.82, 2.24) is 4.90 Å². The lowest BCUT2D eigenvalue weighted by Crippen LogP contribution is -2.31. The van der Waals surface area contributed by atoms with E-state index in [1.165, 1.54) is 30.2 Å². The van der Waals surface area contributed by atoms with Crippen LogP contribution in [0, 0.1) is 5.92 Å². The molecule has 0 aromatic heterocycles. The third kappa shape index (κ3) is 4.05. The van der Waals surface area contributed by atoms with E-state index in [1.807, 2.05) is 23.1 Å². The minimum Gasteiger partial charge on any atom is -0.333 e. The molecule has 1 heterocycles. The van der Waals surface area contributed by atoms with Gasteiger partial charge in [-0.1, -0.05) is 55.4 Å². The Morgan fingerprint density at radius 3 is 2.89 bits per heavy atom. The third-order valence-corrected chi connectivity index (χ3v) is 4.35. The van der Waals surface area contributed by atoms with Crippen LogP contribution in [0.1, 0.15) is 31.7 Å². The molecule has 1 aromatic rings. The molecule has 1 aliphatic heterocycles. The van der Waals surface area contributed by atoms with Crippen molar-refractivity contribution in [2.75, 3.05) is 13.1 Å². The predicted octanol–water partition coefficient (Wildman–Crippen LogP) is 4.16. The monoisotopic (exact) mass is 263 g/mol. The van der Waals surface area contributed by atoms with E-state index in [9.17, 15) is 4.79 Å². The molecule has 0 saturated carbocycles. The summed E-state index contributed by atoms with van der Waals surface area (Å²) in [5.74, 6) is 1.43. The number of hydrogen-bond acceptors (Lipinski definition) is 2. The van der Waals surface area contributed by atoms with Crippen LogP contribution in [-0.4, -0.2) is 23.2 Å². The Hall–Kier alpha value is -0.960. The van der Waals surface area contributed by atoms with E-state index in [-0.39, 0.29) is 5.24 Å². The van der Waals surface area contributed by atoms with Gasteiger partial charge in [0.05, 0.1) is 0 Å². The van der Waals surface area contributed by atoms with Crippen molar-refractivity contribution >= 4 is 17.0 Å². The van der Waals surface area contributed by atoms with Crippen molar-refractivity contribution in [3.05, 3.63) is 35.9 Å². The SMILES string of the molecule is CC1CCCCN(C(=O)SCc2ccccc2)C1. The van der Waals surface area contributed by atoms with Crippen LogP contribution in [0.15, 0.2) is 30.3 Å². The third-order valence-electron chi connectivity index (χ3n) is 3.37. The van der Waals surface area contributed by atoms with Crippen LogP contribution >= 0.6 is 11.8 Å². The lowest BCUT2D eigenvalue weighted by Gasteiger charge is -2.22. The zero-order valence-electron chi connectivity index (χ0n) is 11.0. The van der Waals surface area contributed by atoms with Crippen molar-refractivity contribution < 1.29 is 4.79 Å². The first-order valence-electron chi connectivity index (χ1n) is 6.71. The number of likely N-dealkylation sites (tertiary alicyclic amines) is 1. The molecular weight excluding hydrogens is 242 g/mol. The van der Waals surface area contributed by atoms with Crippen LogP contribution in [0.25, 0.3) is 0 Å². The summed E-state index contributed by atoms with van der Waals surface area (Å²) < 4.78 is 0. The quantitative estimate of drug-likeness (QED) is 0.798. The second-order valence-corrected chi connectivity index (χ2v) is 6.01. The fourth-order valence-electron chi connectivity index (χ4n) is 2.33. The Kier molecular flexibility index (Phi) is 5.12. The number of thioether (sulfide) groups is 1. The number of rotatable bonds is 2.